The van der Waals surface area contributed by atoms with Crippen LogP contribution in [0.25, 0.3) is 0 Å². The van der Waals surface area contributed by atoms with E-state index in [1.54, 1.807) is 0 Å². The predicted octanol–water partition coefficient (Wildman–Crippen LogP) is 13.6. The summed E-state index contributed by atoms with van der Waals surface area (Å²) >= 11 is 0. The van der Waals surface area contributed by atoms with Gasteiger partial charge in [-0.05, 0) is 64.2 Å². The highest BCUT2D eigenvalue weighted by molar-refractivity contribution is 5.73. The average Bonchev–Trinajstić information content (AvgIpc) is 0.885. The van der Waals surface area contributed by atoms with Crippen molar-refractivity contribution in [2.45, 2.75) is 310 Å². The number of hydrogen-bond acceptors (Lipinski definition) is 18. The Morgan fingerprint density at radius 2 is 0.440 bits per heavy atom. The Balaban J connectivity index is 5.44. The van der Waals surface area contributed by atoms with Gasteiger partial charge in [-0.25, -0.2) is 19.2 Å². The lowest BCUT2D eigenvalue weighted by atomic mass is 9.98. The molecule has 0 aromatic carbocycles. The highest BCUT2D eigenvalue weighted by atomic mass is 16.6. The van der Waals surface area contributed by atoms with Crippen molar-refractivity contribution in [1.29, 1.82) is 0 Å². The second kappa shape index (κ2) is 58.5. The smallest absolute Gasteiger partial charge is 0.362 e. The highest BCUT2D eigenvalue weighted by Gasteiger charge is 2.35. The molecule has 584 valence electrons. The van der Waals surface area contributed by atoms with E-state index in [1.807, 2.05) is 56.4 Å². The number of quaternary nitrogens is 4. The van der Waals surface area contributed by atoms with E-state index in [4.69, 9.17) is 42.6 Å². The number of likely N-dealkylation sites (N-methyl/N-ethyl adjacent to an activating group) is 4. The minimum atomic E-state index is -0.638. The van der Waals surface area contributed by atoms with Crippen LogP contribution in [0.2, 0.25) is 0 Å². The molecular formula is C78H148N4O18+4. The van der Waals surface area contributed by atoms with Gasteiger partial charge in [0.05, 0.1) is 63.0 Å². The maximum Gasteiger partial charge on any atom is 0.362 e. The van der Waals surface area contributed by atoms with Crippen LogP contribution in [0.5, 0.6) is 0 Å². The van der Waals surface area contributed by atoms with E-state index < -0.39 is 48.3 Å². The highest BCUT2D eigenvalue weighted by Crippen LogP contribution is 2.25. The van der Waals surface area contributed by atoms with Crippen molar-refractivity contribution in [1.82, 2.24) is 0 Å². The second-order valence-electron chi connectivity index (χ2n) is 30.8. The van der Waals surface area contributed by atoms with Gasteiger partial charge < -0.3 is 60.6 Å². The van der Waals surface area contributed by atoms with E-state index in [0.29, 0.717) is 64.9 Å². The van der Waals surface area contributed by atoms with Crippen molar-refractivity contribution in [2.75, 3.05) is 142 Å². The van der Waals surface area contributed by atoms with Crippen LogP contribution in [0.15, 0.2) is 0 Å². The minimum Gasteiger partial charge on any atom is -0.466 e. The molecule has 0 radical (unpaired) electrons. The zero-order valence-electron chi connectivity index (χ0n) is 66.0. The topological polar surface area (TPSA) is 237 Å². The van der Waals surface area contributed by atoms with Gasteiger partial charge in [0, 0.05) is 34.1 Å². The fourth-order valence-corrected chi connectivity index (χ4v) is 12.1. The number of carbonyl (C=O) groups excluding carboxylic acids is 9. The summed E-state index contributed by atoms with van der Waals surface area (Å²) in [6.07, 6.45) is 34.6. The van der Waals surface area contributed by atoms with Gasteiger partial charge in [-0.3, -0.25) is 24.0 Å². The molecule has 0 heterocycles. The van der Waals surface area contributed by atoms with Crippen molar-refractivity contribution in [2.24, 2.45) is 0 Å². The summed E-state index contributed by atoms with van der Waals surface area (Å²) in [7, 11) is 15.1. The van der Waals surface area contributed by atoms with Gasteiger partial charge in [0.2, 0.25) is 0 Å². The summed E-state index contributed by atoms with van der Waals surface area (Å²) in [6.45, 7) is 13.0. The largest absolute Gasteiger partial charge is 0.466 e. The Labute approximate surface area is 606 Å². The maximum atomic E-state index is 13.7. The third-order valence-electron chi connectivity index (χ3n) is 18.4. The second-order valence-corrected chi connectivity index (χ2v) is 30.8. The molecule has 0 aromatic rings. The molecule has 4 unspecified atom stereocenters. The first-order valence-electron chi connectivity index (χ1n) is 39.1. The lowest BCUT2D eigenvalue weighted by Crippen LogP contribution is -2.49. The molecule has 0 saturated carbocycles. The molecular weight excluding hydrogens is 1280 g/mol. The molecule has 0 rings (SSSR count). The van der Waals surface area contributed by atoms with Crippen LogP contribution < -0.4 is 0 Å². The normalized spacial score (nSPS) is 13.1. The lowest BCUT2D eigenvalue weighted by Gasteiger charge is -2.32. The lowest BCUT2D eigenvalue weighted by molar-refractivity contribution is -0.883. The number of esters is 9. The molecule has 22 heteroatoms. The summed E-state index contributed by atoms with van der Waals surface area (Å²) < 4.78 is 52.5. The summed E-state index contributed by atoms with van der Waals surface area (Å²) in [4.78, 5) is 113. The Morgan fingerprint density at radius 3 is 0.660 bits per heavy atom. The minimum absolute atomic E-state index is 0.0535. The Morgan fingerprint density at radius 1 is 0.240 bits per heavy atom. The Hall–Kier alpha value is -4.93. The van der Waals surface area contributed by atoms with E-state index in [0.717, 1.165) is 148 Å². The molecule has 0 spiro atoms. The molecule has 0 aromatic heterocycles. The van der Waals surface area contributed by atoms with Gasteiger partial charge in [0.1, 0.15) is 77.0 Å². The molecule has 0 aliphatic rings. The maximum absolute atomic E-state index is 13.7. The molecule has 0 fully saturated rings. The molecule has 0 amide bonds. The summed E-state index contributed by atoms with van der Waals surface area (Å²) in [6, 6.07) is 0. The molecule has 0 saturated heterocycles. The van der Waals surface area contributed by atoms with Crippen molar-refractivity contribution >= 4 is 53.7 Å². The fourth-order valence-electron chi connectivity index (χ4n) is 12.1. The number of hydrogen-bond donors (Lipinski definition) is 0. The summed E-state index contributed by atoms with van der Waals surface area (Å²) in [5.41, 5.74) is 0. The molecule has 0 N–H and O–H groups in total. The van der Waals surface area contributed by atoms with Crippen LogP contribution >= 0.6 is 0 Å². The van der Waals surface area contributed by atoms with E-state index in [9.17, 15) is 43.2 Å². The van der Waals surface area contributed by atoms with Gasteiger partial charge in [-0.2, -0.15) is 0 Å². The number of rotatable bonds is 67. The van der Waals surface area contributed by atoms with Crippen LogP contribution in [0, 0.1) is 0 Å². The van der Waals surface area contributed by atoms with Crippen molar-refractivity contribution in [3.05, 3.63) is 0 Å². The van der Waals surface area contributed by atoms with E-state index in [1.165, 1.54) is 91.9 Å². The quantitative estimate of drug-likeness (QED) is 0.0238. The summed E-state index contributed by atoms with van der Waals surface area (Å²) in [5.74, 6) is -3.26. The first-order valence-corrected chi connectivity index (χ1v) is 39.1. The predicted molar refractivity (Wildman–Crippen MR) is 391 cm³/mol. The van der Waals surface area contributed by atoms with E-state index >= 15 is 0 Å². The number of ether oxygens (including phenoxy) is 9. The van der Waals surface area contributed by atoms with Crippen molar-refractivity contribution in [3.8, 4) is 0 Å². The molecule has 100 heavy (non-hydrogen) atoms. The molecule has 0 bridgehead atoms. The number of carbonyl (C=O) groups is 9. The molecule has 22 nitrogen and oxygen atoms in total. The fraction of sp³-hybridized carbons (Fsp3) is 0.885. The number of nitrogens with zero attached hydrogens (tertiary/aromatic N) is 4. The SMILES string of the molecule is CCCCCCCCCCCCC(OC(=O)C[N+](C)(C)CCOC(C)=O)C(CCCCCCCCCCOC(=O)CCCCCCCCCC(OC(=O)C[N+](C)(C)CCOC(C)=O)C(CCCCCCCCCC)OC(=O)C[N+](C)(C)CCOC(C)=O)OC(=O)C[N+](C)(C)CCOC(C)=O. The van der Waals surface area contributed by atoms with Gasteiger partial charge in [0.15, 0.2) is 26.2 Å². The van der Waals surface area contributed by atoms with Crippen LogP contribution in [0.1, 0.15) is 286 Å². The Bertz CT molecular complexity index is 2210. The van der Waals surface area contributed by atoms with Crippen molar-refractivity contribution in [3.63, 3.8) is 0 Å². The zero-order valence-corrected chi connectivity index (χ0v) is 66.0. The van der Waals surface area contributed by atoms with Crippen LogP contribution in [0.3, 0.4) is 0 Å². The van der Waals surface area contributed by atoms with E-state index in [2.05, 4.69) is 13.8 Å². The average molecular weight is 1430 g/mol. The van der Waals surface area contributed by atoms with Crippen LogP contribution in [-0.2, 0) is 85.8 Å². The third-order valence-corrected chi connectivity index (χ3v) is 18.4. The molecule has 0 aliphatic carbocycles. The standard InChI is InChI=1S/C78H148N4O18/c1-15-17-19-21-23-25-26-31-37-43-49-71(98-76(89)63-80(9,10)54-59-93-67(4)84)72(99-77(90)64-81(11,12)55-60-94-68(5)85)50-44-38-32-27-28-35-41-47-57-96-74(87)52-46-40-34-29-33-39-45-51-73(100-78(91)65-82(13,14)56-61-95-69(6)86)70(48-42-36-30-24-22-20-18-16-2)97-75(88)62-79(7,8)53-58-92-66(3)83/h70-73H,15-65H2,1-14H3/q+4. The summed E-state index contributed by atoms with van der Waals surface area (Å²) in [5, 5.41) is 0. The van der Waals surface area contributed by atoms with Crippen LogP contribution in [-0.4, -0.2) is 238 Å². The molecule has 0 aliphatic heterocycles. The number of unbranched alkanes of at least 4 members (excludes halogenated alkanes) is 29. The van der Waals surface area contributed by atoms with Gasteiger partial charge in [0.25, 0.3) is 0 Å². The first-order chi connectivity index (χ1) is 47.4. The monoisotopic (exact) mass is 1430 g/mol. The molecule has 4 atom stereocenters. The van der Waals surface area contributed by atoms with Gasteiger partial charge in [-0.15, -0.1) is 0 Å². The first kappa shape index (κ1) is 95.1. The van der Waals surface area contributed by atoms with Crippen molar-refractivity contribution < 1.29 is 104 Å². The van der Waals surface area contributed by atoms with Gasteiger partial charge in [-0.1, -0.05) is 187 Å². The zero-order chi connectivity index (χ0) is 74.9. The Kier molecular flexibility index (Phi) is 55.6. The van der Waals surface area contributed by atoms with Crippen LogP contribution in [0.4, 0.5) is 0 Å². The van der Waals surface area contributed by atoms with E-state index in [-0.39, 0.29) is 100 Å². The van der Waals surface area contributed by atoms with Gasteiger partial charge >= 0.3 is 53.7 Å². The third kappa shape index (κ3) is 59.6.